The van der Waals surface area contributed by atoms with Gasteiger partial charge in [0.15, 0.2) is 0 Å². The van der Waals surface area contributed by atoms with Crippen molar-refractivity contribution in [2.24, 2.45) is 4.99 Å². The number of benzene rings is 2. The molecule has 0 aliphatic carbocycles. The van der Waals surface area contributed by atoms with E-state index < -0.39 is 0 Å². The average Bonchev–Trinajstić information content (AvgIpc) is 2.34. The minimum absolute atomic E-state index is 0.759. The molecule has 0 amide bonds. The van der Waals surface area contributed by atoms with Gasteiger partial charge in [-0.1, -0.05) is 48.5 Å². The van der Waals surface area contributed by atoms with Gasteiger partial charge in [-0.3, -0.25) is 4.99 Å². The van der Waals surface area contributed by atoms with Crippen molar-refractivity contribution < 1.29 is 0 Å². The predicted octanol–water partition coefficient (Wildman–Crippen LogP) is 4.13. The quantitative estimate of drug-likeness (QED) is 0.692. The fourth-order valence-corrected chi connectivity index (χ4v) is 1.79. The Labute approximate surface area is 103 Å². The molecular formula is C16H16N. The summed E-state index contributed by atoms with van der Waals surface area (Å²) < 4.78 is 0. The Morgan fingerprint density at radius 3 is 2.18 bits per heavy atom. The molecule has 0 bridgehead atoms. The normalized spacial score (nSPS) is 10.9. The van der Waals surface area contributed by atoms with Gasteiger partial charge in [-0.05, 0) is 30.5 Å². The molecule has 2 aromatic carbocycles. The molecule has 0 saturated heterocycles. The first kappa shape index (κ1) is 11.6. The molecule has 2 rings (SSSR count). The second-order valence-electron chi connectivity index (χ2n) is 4.17. The molecular weight excluding hydrogens is 206 g/mol. The Bertz CT molecular complexity index is 492. The Balaban J connectivity index is 2.11. The van der Waals surface area contributed by atoms with Crippen molar-refractivity contribution in [1.82, 2.24) is 0 Å². The highest BCUT2D eigenvalue weighted by molar-refractivity contribution is 5.68. The first-order valence-corrected chi connectivity index (χ1v) is 5.81. The van der Waals surface area contributed by atoms with Crippen LogP contribution >= 0.6 is 0 Å². The zero-order valence-corrected chi connectivity index (χ0v) is 10.3. The summed E-state index contributed by atoms with van der Waals surface area (Å²) in [5, 5.41) is 0. The molecule has 1 radical (unpaired) electrons. The second kappa shape index (κ2) is 5.44. The van der Waals surface area contributed by atoms with Gasteiger partial charge in [0.2, 0.25) is 0 Å². The van der Waals surface area contributed by atoms with Crippen LogP contribution in [0.5, 0.6) is 0 Å². The lowest BCUT2D eigenvalue weighted by atomic mass is 10.1. The first-order valence-electron chi connectivity index (χ1n) is 5.81. The largest absolute Gasteiger partial charge is 0.251 e. The highest BCUT2D eigenvalue weighted by Crippen LogP contribution is 2.22. The highest BCUT2D eigenvalue weighted by Gasteiger charge is 1.98. The number of nitrogens with zero attached hydrogens (tertiary/aromatic N) is 1. The van der Waals surface area contributed by atoms with Crippen molar-refractivity contribution in [3.05, 3.63) is 65.2 Å². The van der Waals surface area contributed by atoms with Crippen molar-refractivity contribution in [2.75, 3.05) is 0 Å². The Morgan fingerprint density at radius 2 is 1.53 bits per heavy atom. The fourth-order valence-electron chi connectivity index (χ4n) is 1.79. The smallest absolute Gasteiger partial charge is 0.0692 e. The van der Waals surface area contributed by atoms with Gasteiger partial charge in [0.1, 0.15) is 0 Å². The lowest BCUT2D eigenvalue weighted by Gasteiger charge is -2.03. The van der Waals surface area contributed by atoms with Crippen molar-refractivity contribution in [2.45, 2.75) is 20.3 Å². The third-order valence-corrected chi connectivity index (χ3v) is 2.76. The van der Waals surface area contributed by atoms with E-state index in [0.29, 0.717) is 0 Å². The molecule has 0 aromatic heterocycles. The van der Waals surface area contributed by atoms with Crippen LogP contribution in [-0.4, -0.2) is 6.21 Å². The van der Waals surface area contributed by atoms with Crippen molar-refractivity contribution >= 4 is 11.9 Å². The minimum Gasteiger partial charge on any atom is -0.251 e. The molecule has 0 spiro atoms. The standard InChI is InChI=1S/C16H16N/c1-13-7-6-8-14(2)16(13)17-12-11-15-9-4-3-5-10-15/h3-10H,11H2,1-2H3. The molecule has 0 fully saturated rings. The maximum absolute atomic E-state index is 4.45. The van der Waals surface area contributed by atoms with Crippen LogP contribution in [0.25, 0.3) is 0 Å². The number of hydrogen-bond donors (Lipinski definition) is 0. The molecule has 85 valence electrons. The zero-order chi connectivity index (χ0) is 12.1. The first-order chi connectivity index (χ1) is 8.27. The highest BCUT2D eigenvalue weighted by atomic mass is 14.7. The van der Waals surface area contributed by atoms with E-state index in [4.69, 9.17) is 0 Å². The van der Waals surface area contributed by atoms with Crippen LogP contribution in [0.2, 0.25) is 0 Å². The predicted molar refractivity (Wildman–Crippen MR) is 73.2 cm³/mol. The maximum atomic E-state index is 4.45. The van der Waals surface area contributed by atoms with Gasteiger partial charge in [0.05, 0.1) is 11.9 Å². The maximum Gasteiger partial charge on any atom is 0.0692 e. The molecule has 1 heteroatoms. The average molecular weight is 222 g/mol. The van der Waals surface area contributed by atoms with Crippen LogP contribution in [0.15, 0.2) is 53.5 Å². The Hall–Kier alpha value is -1.89. The molecule has 0 aliphatic rings. The Morgan fingerprint density at radius 1 is 0.882 bits per heavy atom. The molecule has 17 heavy (non-hydrogen) atoms. The van der Waals surface area contributed by atoms with Crippen LogP contribution in [-0.2, 0) is 6.42 Å². The molecule has 0 N–H and O–H groups in total. The topological polar surface area (TPSA) is 12.4 Å². The van der Waals surface area contributed by atoms with Gasteiger partial charge in [-0.15, -0.1) is 0 Å². The summed E-state index contributed by atoms with van der Waals surface area (Å²) in [5.41, 5.74) is 4.68. The van der Waals surface area contributed by atoms with Crippen LogP contribution in [0, 0.1) is 13.8 Å². The van der Waals surface area contributed by atoms with E-state index in [-0.39, 0.29) is 0 Å². The molecule has 0 aliphatic heterocycles. The fraction of sp³-hybridized carbons (Fsp3) is 0.188. The van der Waals surface area contributed by atoms with Crippen molar-refractivity contribution in [3.8, 4) is 0 Å². The van der Waals surface area contributed by atoms with Crippen LogP contribution in [0.1, 0.15) is 16.7 Å². The lowest BCUT2D eigenvalue weighted by molar-refractivity contribution is 1.30. The molecule has 0 unspecified atom stereocenters. The number of rotatable bonds is 3. The summed E-state index contributed by atoms with van der Waals surface area (Å²) in [5.74, 6) is 0. The number of para-hydroxylation sites is 1. The van der Waals surface area contributed by atoms with Crippen LogP contribution in [0.3, 0.4) is 0 Å². The van der Waals surface area contributed by atoms with Gasteiger partial charge in [-0.25, -0.2) is 0 Å². The molecule has 2 aromatic rings. The van der Waals surface area contributed by atoms with Crippen molar-refractivity contribution in [3.63, 3.8) is 0 Å². The van der Waals surface area contributed by atoms with E-state index in [1.165, 1.54) is 16.7 Å². The minimum atomic E-state index is 0.759. The van der Waals surface area contributed by atoms with E-state index in [1.54, 1.807) is 0 Å². The van der Waals surface area contributed by atoms with Gasteiger partial charge < -0.3 is 0 Å². The lowest BCUT2D eigenvalue weighted by Crippen LogP contribution is -1.86. The molecule has 0 heterocycles. The van der Waals surface area contributed by atoms with E-state index in [1.807, 2.05) is 18.2 Å². The van der Waals surface area contributed by atoms with E-state index >= 15 is 0 Å². The SMILES string of the molecule is Cc1cccc(C)c1N=[C]Cc1ccccc1. The second-order valence-corrected chi connectivity index (χ2v) is 4.17. The summed E-state index contributed by atoms with van der Waals surface area (Å²) >= 11 is 0. The molecule has 0 atom stereocenters. The summed E-state index contributed by atoms with van der Waals surface area (Å²) in [6.07, 6.45) is 3.88. The summed E-state index contributed by atoms with van der Waals surface area (Å²) in [4.78, 5) is 4.45. The van der Waals surface area contributed by atoms with Crippen molar-refractivity contribution in [1.29, 1.82) is 0 Å². The monoisotopic (exact) mass is 222 g/mol. The van der Waals surface area contributed by atoms with Gasteiger partial charge in [0, 0.05) is 6.42 Å². The van der Waals surface area contributed by atoms with Crippen LogP contribution < -0.4 is 0 Å². The van der Waals surface area contributed by atoms with Gasteiger partial charge in [0.25, 0.3) is 0 Å². The summed E-state index contributed by atoms with van der Waals surface area (Å²) in [7, 11) is 0. The van der Waals surface area contributed by atoms with E-state index in [2.05, 4.69) is 55.4 Å². The number of hydrogen-bond acceptors (Lipinski definition) is 1. The molecule has 1 nitrogen and oxygen atoms in total. The third kappa shape index (κ3) is 3.04. The summed E-state index contributed by atoms with van der Waals surface area (Å²) in [6.45, 7) is 4.16. The number of aliphatic imine (C=N–C) groups is 1. The zero-order valence-electron chi connectivity index (χ0n) is 10.3. The van der Waals surface area contributed by atoms with Gasteiger partial charge >= 0.3 is 0 Å². The third-order valence-electron chi connectivity index (χ3n) is 2.76. The Kier molecular flexibility index (Phi) is 3.71. The van der Waals surface area contributed by atoms with E-state index in [0.717, 1.165) is 12.1 Å². The van der Waals surface area contributed by atoms with E-state index in [9.17, 15) is 0 Å². The van der Waals surface area contributed by atoms with Gasteiger partial charge in [-0.2, -0.15) is 0 Å². The molecule has 0 saturated carbocycles. The summed E-state index contributed by atoms with van der Waals surface area (Å²) in [6, 6.07) is 16.5. The van der Waals surface area contributed by atoms with Crippen LogP contribution in [0.4, 0.5) is 5.69 Å². The number of aryl methyl sites for hydroxylation is 2.